The summed E-state index contributed by atoms with van der Waals surface area (Å²) in [7, 11) is -0.676. The van der Waals surface area contributed by atoms with Gasteiger partial charge in [0.25, 0.3) is 8.32 Å². The molecule has 0 fully saturated rings. The molecule has 4 rings (SSSR count). The second-order valence-electron chi connectivity index (χ2n) is 9.65. The lowest BCUT2D eigenvalue weighted by molar-refractivity contribution is 0.332. The lowest BCUT2D eigenvalue weighted by atomic mass is 9.63. The van der Waals surface area contributed by atoms with Crippen molar-refractivity contribution in [2.45, 2.75) is 51.4 Å². The third-order valence-electron chi connectivity index (χ3n) is 6.93. The zero-order chi connectivity index (χ0) is 20.7. The molecule has 0 heterocycles. The molecule has 0 aliphatic heterocycles. The van der Waals surface area contributed by atoms with Gasteiger partial charge in [0, 0.05) is 7.11 Å². The van der Waals surface area contributed by atoms with Gasteiger partial charge in [-0.1, -0.05) is 107 Å². The van der Waals surface area contributed by atoms with Gasteiger partial charge in [0.2, 0.25) is 0 Å². The van der Waals surface area contributed by atoms with E-state index in [0.29, 0.717) is 0 Å². The Morgan fingerprint density at radius 1 is 0.621 bits per heavy atom. The minimum absolute atomic E-state index is 0.183. The molecular weight excluding hydrogens is 368 g/mol. The van der Waals surface area contributed by atoms with Gasteiger partial charge in [-0.3, -0.25) is 0 Å². The maximum Gasteiger partial charge on any atom is 0.288 e. The van der Waals surface area contributed by atoms with Gasteiger partial charge in [-0.2, -0.15) is 0 Å². The van der Waals surface area contributed by atoms with Gasteiger partial charge in [0.1, 0.15) is 0 Å². The molecular formula is C27H32OSi. The highest BCUT2D eigenvalue weighted by atomic mass is 28.4. The highest BCUT2D eigenvalue weighted by Gasteiger charge is 2.43. The fourth-order valence-corrected chi connectivity index (χ4v) is 8.70. The fourth-order valence-electron chi connectivity index (χ4n) is 5.01. The monoisotopic (exact) mass is 400 g/mol. The first-order valence-electron chi connectivity index (χ1n) is 10.6. The van der Waals surface area contributed by atoms with Gasteiger partial charge in [-0.25, -0.2) is 0 Å². The molecule has 0 radical (unpaired) electrons. The Morgan fingerprint density at radius 2 is 1.10 bits per heavy atom. The lowest BCUT2D eigenvalue weighted by Crippen LogP contribution is -2.69. The van der Waals surface area contributed by atoms with Crippen molar-refractivity contribution in [3.8, 4) is 0 Å². The Hall–Kier alpha value is -2.16. The van der Waals surface area contributed by atoms with Crippen molar-refractivity contribution in [2.24, 2.45) is 0 Å². The van der Waals surface area contributed by atoms with E-state index in [4.69, 9.17) is 4.43 Å². The quantitative estimate of drug-likeness (QED) is 0.458. The van der Waals surface area contributed by atoms with E-state index in [1.807, 2.05) is 7.11 Å². The van der Waals surface area contributed by atoms with Crippen LogP contribution in [0.4, 0.5) is 0 Å². The molecule has 150 valence electrons. The summed E-state index contributed by atoms with van der Waals surface area (Å²) in [5, 5.41) is 3.92. The fraction of sp³-hybridized carbons (Fsp3) is 0.333. The standard InChI is InChI=1S/C27H32OSi/c1-26(2)18-19-27(3,4)25-20-23(16-17-24(25)26)29(28-5,21-12-8-6-9-13-21)22-14-10-7-11-15-22/h6-17,20H,18-19H2,1-5H3. The highest BCUT2D eigenvalue weighted by molar-refractivity contribution is 7.07. The smallest absolute Gasteiger partial charge is 0.288 e. The Morgan fingerprint density at radius 3 is 1.59 bits per heavy atom. The number of hydrogen-bond donors (Lipinski definition) is 0. The van der Waals surface area contributed by atoms with Crippen LogP contribution in [0.1, 0.15) is 51.7 Å². The van der Waals surface area contributed by atoms with E-state index in [9.17, 15) is 0 Å². The van der Waals surface area contributed by atoms with Crippen LogP contribution in [-0.4, -0.2) is 15.4 Å². The second-order valence-corrected chi connectivity index (χ2v) is 13.1. The summed E-state index contributed by atoms with van der Waals surface area (Å²) in [6, 6.07) is 28.8. The minimum Gasteiger partial charge on any atom is -0.408 e. The van der Waals surface area contributed by atoms with Crippen molar-refractivity contribution in [1.29, 1.82) is 0 Å². The maximum absolute atomic E-state index is 6.55. The highest BCUT2D eigenvalue weighted by Crippen LogP contribution is 2.45. The first-order chi connectivity index (χ1) is 13.8. The SMILES string of the molecule is CO[Si](c1ccccc1)(c1ccccc1)c1ccc2c(c1)C(C)(C)CCC2(C)C. The van der Waals surface area contributed by atoms with E-state index < -0.39 is 8.32 Å². The summed E-state index contributed by atoms with van der Waals surface area (Å²) in [6.07, 6.45) is 2.45. The van der Waals surface area contributed by atoms with Crippen LogP contribution in [0.25, 0.3) is 0 Å². The van der Waals surface area contributed by atoms with Gasteiger partial charge >= 0.3 is 0 Å². The van der Waals surface area contributed by atoms with Crippen LogP contribution in [-0.2, 0) is 15.3 Å². The summed E-state index contributed by atoms with van der Waals surface area (Å²) in [5.74, 6) is 0. The van der Waals surface area contributed by atoms with Crippen molar-refractivity contribution in [3.05, 3.63) is 90.0 Å². The number of hydrogen-bond acceptors (Lipinski definition) is 1. The summed E-state index contributed by atoms with van der Waals surface area (Å²) in [6.45, 7) is 9.56. The number of benzene rings is 3. The van der Waals surface area contributed by atoms with Gasteiger partial charge in [0.15, 0.2) is 0 Å². The van der Waals surface area contributed by atoms with Gasteiger partial charge in [-0.15, -0.1) is 0 Å². The topological polar surface area (TPSA) is 9.23 Å². The van der Waals surface area contributed by atoms with Crippen LogP contribution in [0, 0.1) is 0 Å². The molecule has 0 unspecified atom stereocenters. The third-order valence-corrected chi connectivity index (χ3v) is 11.0. The summed E-state index contributed by atoms with van der Waals surface area (Å²) in [4.78, 5) is 0. The molecule has 2 heteroatoms. The molecule has 0 saturated heterocycles. The van der Waals surface area contributed by atoms with Crippen molar-refractivity contribution in [2.75, 3.05) is 7.11 Å². The van der Waals surface area contributed by atoms with Crippen LogP contribution < -0.4 is 15.6 Å². The van der Waals surface area contributed by atoms with E-state index in [1.54, 1.807) is 0 Å². The van der Waals surface area contributed by atoms with Crippen LogP contribution in [0.3, 0.4) is 0 Å². The molecule has 0 amide bonds. The molecule has 1 nitrogen and oxygen atoms in total. The average molecular weight is 401 g/mol. The summed E-state index contributed by atoms with van der Waals surface area (Å²) >= 11 is 0. The lowest BCUT2D eigenvalue weighted by Gasteiger charge is -2.43. The molecule has 0 spiro atoms. The molecule has 1 aliphatic rings. The molecule has 0 N–H and O–H groups in total. The van der Waals surface area contributed by atoms with Crippen molar-refractivity contribution in [3.63, 3.8) is 0 Å². The summed E-state index contributed by atoms with van der Waals surface area (Å²) in [5.41, 5.74) is 3.40. The Kier molecular flexibility index (Phi) is 5.04. The van der Waals surface area contributed by atoms with Crippen molar-refractivity contribution >= 4 is 23.9 Å². The molecule has 3 aromatic rings. The van der Waals surface area contributed by atoms with Crippen LogP contribution in [0.5, 0.6) is 0 Å². The Bertz CT molecular complexity index is 950. The van der Waals surface area contributed by atoms with Crippen molar-refractivity contribution < 1.29 is 4.43 Å². The van der Waals surface area contributed by atoms with E-state index >= 15 is 0 Å². The predicted octanol–water partition coefficient (Wildman–Crippen LogP) is 4.65. The van der Waals surface area contributed by atoms with Gasteiger partial charge in [-0.05, 0) is 50.4 Å². The molecule has 1 aliphatic carbocycles. The molecule has 29 heavy (non-hydrogen) atoms. The molecule has 3 aromatic carbocycles. The van der Waals surface area contributed by atoms with E-state index in [-0.39, 0.29) is 10.8 Å². The van der Waals surface area contributed by atoms with E-state index in [1.165, 1.54) is 39.5 Å². The first kappa shape index (κ1) is 20.1. The minimum atomic E-state index is -2.57. The predicted molar refractivity (Wildman–Crippen MR) is 126 cm³/mol. The number of rotatable bonds is 4. The van der Waals surface area contributed by atoms with Crippen LogP contribution in [0.2, 0.25) is 0 Å². The zero-order valence-electron chi connectivity index (χ0n) is 18.3. The Labute approximate surface area is 176 Å². The second kappa shape index (κ2) is 7.27. The molecule has 0 atom stereocenters. The van der Waals surface area contributed by atoms with Crippen LogP contribution >= 0.6 is 0 Å². The summed E-state index contributed by atoms with van der Waals surface area (Å²) < 4.78 is 6.55. The number of fused-ring (bicyclic) bond motifs is 1. The van der Waals surface area contributed by atoms with Crippen molar-refractivity contribution in [1.82, 2.24) is 0 Å². The molecule has 0 bridgehead atoms. The Balaban J connectivity index is 2.01. The molecule has 0 aromatic heterocycles. The van der Waals surface area contributed by atoms with E-state index in [2.05, 4.69) is 107 Å². The zero-order valence-corrected chi connectivity index (χ0v) is 19.3. The van der Waals surface area contributed by atoms with Gasteiger partial charge < -0.3 is 4.43 Å². The first-order valence-corrected chi connectivity index (χ1v) is 12.5. The molecule has 0 saturated carbocycles. The normalized spacial score (nSPS) is 17.6. The third kappa shape index (κ3) is 3.29. The largest absolute Gasteiger partial charge is 0.408 e. The average Bonchev–Trinajstić information content (AvgIpc) is 2.74. The van der Waals surface area contributed by atoms with E-state index in [0.717, 1.165) is 0 Å². The van der Waals surface area contributed by atoms with Gasteiger partial charge in [0.05, 0.1) is 0 Å². The van der Waals surface area contributed by atoms with Crippen LogP contribution in [0.15, 0.2) is 78.9 Å². The maximum atomic E-state index is 6.55.